The maximum absolute atomic E-state index is 12.7. The van der Waals surface area contributed by atoms with Crippen molar-refractivity contribution in [2.24, 2.45) is 0 Å². The smallest absolute Gasteiger partial charge is 0.251 e. The lowest BCUT2D eigenvalue weighted by atomic mass is 10.1. The number of nitrogens with zero attached hydrogens (tertiary/aromatic N) is 4. The minimum absolute atomic E-state index is 0.162. The number of aromatic nitrogens is 4. The van der Waals surface area contributed by atoms with Crippen LogP contribution in [0.5, 0.6) is 0 Å². The van der Waals surface area contributed by atoms with Crippen molar-refractivity contribution < 1.29 is 9.32 Å². The first-order valence-electron chi connectivity index (χ1n) is 10.2. The Bertz CT molecular complexity index is 1350. The van der Waals surface area contributed by atoms with Crippen LogP contribution in [0.3, 0.4) is 0 Å². The summed E-state index contributed by atoms with van der Waals surface area (Å²) in [6, 6.07) is 20.8. The average molecular weight is 424 g/mol. The minimum Gasteiger partial charge on any atom is -0.368 e. The highest BCUT2D eigenvalue weighted by Gasteiger charge is 2.13. The topological polar surface area (TPSA) is 97.9 Å². The third-order valence-corrected chi connectivity index (χ3v) is 5.01. The maximum Gasteiger partial charge on any atom is 0.251 e. The maximum atomic E-state index is 12.7. The van der Waals surface area contributed by atoms with E-state index in [-0.39, 0.29) is 5.91 Å². The molecule has 3 heterocycles. The van der Waals surface area contributed by atoms with Gasteiger partial charge in [-0.05, 0) is 30.3 Å². The van der Waals surface area contributed by atoms with Crippen LogP contribution in [0, 0.1) is 0 Å². The van der Waals surface area contributed by atoms with Gasteiger partial charge in [-0.3, -0.25) is 4.79 Å². The molecule has 0 saturated heterocycles. The Kier molecular flexibility index (Phi) is 5.32. The lowest BCUT2D eigenvalue weighted by molar-refractivity contribution is 0.0955. The Hall–Kier alpha value is -4.46. The lowest BCUT2D eigenvalue weighted by Gasteiger charge is -2.09. The molecule has 1 amide bonds. The number of amides is 1. The molecule has 5 aromatic rings. The van der Waals surface area contributed by atoms with Crippen molar-refractivity contribution in [1.29, 1.82) is 0 Å². The largest absolute Gasteiger partial charge is 0.368 e. The predicted molar refractivity (Wildman–Crippen MR) is 122 cm³/mol. The van der Waals surface area contributed by atoms with Crippen LogP contribution in [0.25, 0.3) is 28.0 Å². The Morgan fingerprint density at radius 1 is 0.938 bits per heavy atom. The standard InChI is InChI=1S/C24H20N6O2/c31-24(26-11-10-25-21-15-22(28-16-27-21)30-12-4-5-13-30)18-8-9-20-19(14-18)23(32-29-20)17-6-2-1-3-7-17/h1-9,12-16H,10-11H2,(H,26,31)(H,25,27,28). The number of carbonyl (C=O) groups excluding carboxylic acids is 1. The summed E-state index contributed by atoms with van der Waals surface area (Å²) in [5.74, 6) is 1.95. The van der Waals surface area contributed by atoms with Gasteiger partial charge >= 0.3 is 0 Å². The van der Waals surface area contributed by atoms with Crippen LogP contribution in [0.15, 0.2) is 90.0 Å². The fourth-order valence-corrected chi connectivity index (χ4v) is 3.42. The Labute approximate surface area is 183 Å². The second-order valence-electron chi connectivity index (χ2n) is 7.14. The molecule has 0 aliphatic heterocycles. The lowest BCUT2D eigenvalue weighted by Crippen LogP contribution is -2.28. The quantitative estimate of drug-likeness (QED) is 0.384. The summed E-state index contributed by atoms with van der Waals surface area (Å²) >= 11 is 0. The van der Waals surface area contributed by atoms with Crippen molar-refractivity contribution in [2.75, 3.05) is 18.4 Å². The first kappa shape index (κ1) is 19.5. The summed E-state index contributed by atoms with van der Waals surface area (Å²) in [7, 11) is 0. The number of fused-ring (bicyclic) bond motifs is 1. The third kappa shape index (κ3) is 4.06. The number of rotatable bonds is 7. The summed E-state index contributed by atoms with van der Waals surface area (Å²) < 4.78 is 7.42. The van der Waals surface area contributed by atoms with Gasteiger partial charge in [-0.1, -0.05) is 35.5 Å². The molecular weight excluding hydrogens is 404 g/mol. The van der Waals surface area contributed by atoms with Crippen LogP contribution < -0.4 is 10.6 Å². The van der Waals surface area contributed by atoms with Crippen LogP contribution >= 0.6 is 0 Å². The first-order valence-corrected chi connectivity index (χ1v) is 10.2. The molecule has 32 heavy (non-hydrogen) atoms. The van der Waals surface area contributed by atoms with Gasteiger partial charge in [0, 0.05) is 42.7 Å². The van der Waals surface area contributed by atoms with E-state index in [1.807, 2.05) is 71.6 Å². The molecule has 0 aliphatic rings. The highest BCUT2D eigenvalue weighted by molar-refractivity contribution is 6.00. The van der Waals surface area contributed by atoms with Gasteiger partial charge in [-0.15, -0.1) is 0 Å². The predicted octanol–water partition coefficient (Wildman–Crippen LogP) is 3.92. The number of anilines is 1. The van der Waals surface area contributed by atoms with Crippen molar-refractivity contribution in [3.05, 3.63) is 91.0 Å². The zero-order chi connectivity index (χ0) is 21.8. The normalized spacial score (nSPS) is 10.9. The molecule has 8 nitrogen and oxygen atoms in total. The van der Waals surface area contributed by atoms with Crippen molar-refractivity contribution in [1.82, 2.24) is 25.0 Å². The number of nitrogens with one attached hydrogen (secondary N) is 2. The number of hydrogen-bond donors (Lipinski definition) is 2. The van der Waals surface area contributed by atoms with E-state index >= 15 is 0 Å². The molecule has 0 unspecified atom stereocenters. The molecule has 0 spiro atoms. The molecule has 0 aliphatic carbocycles. The molecular formula is C24H20N6O2. The number of benzene rings is 2. The van der Waals surface area contributed by atoms with Crippen molar-refractivity contribution in [2.45, 2.75) is 0 Å². The Morgan fingerprint density at radius 2 is 1.78 bits per heavy atom. The van der Waals surface area contributed by atoms with E-state index in [4.69, 9.17) is 4.52 Å². The van der Waals surface area contributed by atoms with Gasteiger partial charge in [0.1, 0.15) is 23.5 Å². The van der Waals surface area contributed by atoms with Gasteiger partial charge in [-0.25, -0.2) is 9.97 Å². The fraction of sp³-hybridized carbons (Fsp3) is 0.0833. The second kappa shape index (κ2) is 8.73. The third-order valence-electron chi connectivity index (χ3n) is 5.01. The van der Waals surface area contributed by atoms with Gasteiger partial charge in [0.15, 0.2) is 5.76 Å². The van der Waals surface area contributed by atoms with Gasteiger partial charge in [-0.2, -0.15) is 0 Å². The van der Waals surface area contributed by atoms with Crippen molar-refractivity contribution in [3.8, 4) is 17.1 Å². The van der Waals surface area contributed by atoms with E-state index in [1.54, 1.807) is 12.1 Å². The molecule has 5 rings (SSSR count). The SMILES string of the molecule is O=C(NCCNc1cc(-n2cccc2)ncn1)c1ccc2noc(-c3ccccc3)c2c1. The van der Waals surface area contributed by atoms with Crippen LogP contribution in [-0.2, 0) is 0 Å². The van der Waals surface area contributed by atoms with Gasteiger partial charge in [0.05, 0.1) is 5.39 Å². The van der Waals surface area contributed by atoms with Crippen LogP contribution in [-0.4, -0.2) is 38.7 Å². The number of carbonyl (C=O) groups is 1. The average Bonchev–Trinajstić information content (AvgIpc) is 3.52. The van der Waals surface area contributed by atoms with E-state index in [0.717, 1.165) is 16.8 Å². The fourth-order valence-electron chi connectivity index (χ4n) is 3.42. The summed E-state index contributed by atoms with van der Waals surface area (Å²) in [6.07, 6.45) is 5.35. The van der Waals surface area contributed by atoms with Crippen LogP contribution in [0.4, 0.5) is 5.82 Å². The Balaban J connectivity index is 1.22. The molecule has 2 N–H and O–H groups in total. The zero-order valence-electron chi connectivity index (χ0n) is 17.1. The van der Waals surface area contributed by atoms with Gasteiger partial charge < -0.3 is 19.7 Å². The van der Waals surface area contributed by atoms with Crippen molar-refractivity contribution >= 4 is 22.6 Å². The van der Waals surface area contributed by atoms with E-state index in [9.17, 15) is 4.79 Å². The minimum atomic E-state index is -0.162. The highest BCUT2D eigenvalue weighted by Crippen LogP contribution is 2.29. The molecule has 0 saturated carbocycles. The monoisotopic (exact) mass is 424 g/mol. The van der Waals surface area contributed by atoms with E-state index in [2.05, 4.69) is 25.8 Å². The molecule has 3 aromatic heterocycles. The van der Waals surface area contributed by atoms with E-state index in [1.165, 1.54) is 6.33 Å². The molecule has 158 valence electrons. The highest BCUT2D eigenvalue weighted by atomic mass is 16.5. The van der Waals surface area contributed by atoms with E-state index < -0.39 is 0 Å². The zero-order valence-corrected chi connectivity index (χ0v) is 17.1. The molecule has 0 atom stereocenters. The van der Waals surface area contributed by atoms with E-state index in [0.29, 0.717) is 35.7 Å². The van der Waals surface area contributed by atoms with Crippen LogP contribution in [0.1, 0.15) is 10.4 Å². The summed E-state index contributed by atoms with van der Waals surface area (Å²) in [5.41, 5.74) is 2.18. The van der Waals surface area contributed by atoms with Crippen molar-refractivity contribution in [3.63, 3.8) is 0 Å². The number of hydrogen-bond acceptors (Lipinski definition) is 6. The van der Waals surface area contributed by atoms with Crippen LogP contribution in [0.2, 0.25) is 0 Å². The van der Waals surface area contributed by atoms with Gasteiger partial charge in [0.25, 0.3) is 5.91 Å². The first-order chi connectivity index (χ1) is 15.8. The summed E-state index contributed by atoms with van der Waals surface area (Å²) in [4.78, 5) is 21.1. The Morgan fingerprint density at radius 3 is 2.62 bits per heavy atom. The molecule has 8 heteroatoms. The summed E-state index contributed by atoms with van der Waals surface area (Å²) in [5, 5.41) is 11.0. The second-order valence-corrected chi connectivity index (χ2v) is 7.14. The molecule has 2 aromatic carbocycles. The summed E-state index contributed by atoms with van der Waals surface area (Å²) in [6.45, 7) is 0.966. The molecule has 0 fully saturated rings. The molecule has 0 radical (unpaired) electrons. The molecule has 0 bridgehead atoms. The van der Waals surface area contributed by atoms with Gasteiger partial charge in [0.2, 0.25) is 0 Å².